The van der Waals surface area contributed by atoms with Gasteiger partial charge in [-0.05, 0) is 35.6 Å². The average molecular weight is 802 g/mol. The number of morpholine rings is 1. The molecule has 0 amide bonds. The van der Waals surface area contributed by atoms with E-state index in [-0.39, 0.29) is 10.8 Å². The van der Waals surface area contributed by atoms with E-state index in [1.165, 1.54) is 45.7 Å². The summed E-state index contributed by atoms with van der Waals surface area (Å²) in [7, 11) is 3.93. The van der Waals surface area contributed by atoms with Gasteiger partial charge in [0.2, 0.25) is 0 Å². The van der Waals surface area contributed by atoms with Crippen LogP contribution in [0, 0.1) is 28.6 Å². The number of methoxy groups -OCH3 is 1. The zero-order valence-electron chi connectivity index (χ0n) is 41.8. The maximum atomic E-state index is 5.27. The van der Waals surface area contributed by atoms with E-state index >= 15 is 0 Å². The summed E-state index contributed by atoms with van der Waals surface area (Å²) in [5.41, 5.74) is 5.04. The van der Waals surface area contributed by atoms with Gasteiger partial charge in [0.1, 0.15) is 0 Å². The van der Waals surface area contributed by atoms with E-state index in [0.29, 0.717) is 21.7 Å². The van der Waals surface area contributed by atoms with E-state index in [4.69, 9.17) is 9.47 Å². The lowest BCUT2D eigenvalue weighted by molar-refractivity contribution is 0.0236. The summed E-state index contributed by atoms with van der Waals surface area (Å²) in [4.78, 5) is 24.1. The summed E-state index contributed by atoms with van der Waals surface area (Å²) >= 11 is 0. The molecule has 2 aromatic heterocycles. The molecule has 2 aliphatic rings. The first kappa shape index (κ1) is 57.1. The Morgan fingerprint density at radius 1 is 0.561 bits per heavy atom. The van der Waals surface area contributed by atoms with Gasteiger partial charge in [0.15, 0.2) is 0 Å². The Balaban J connectivity index is 0. The van der Waals surface area contributed by atoms with Gasteiger partial charge in [-0.15, -0.1) is 0 Å². The van der Waals surface area contributed by atoms with E-state index in [1.54, 1.807) is 31.9 Å². The summed E-state index contributed by atoms with van der Waals surface area (Å²) in [5.74, 6) is 0. The molecule has 0 aliphatic carbocycles. The van der Waals surface area contributed by atoms with Crippen LogP contribution in [0.2, 0.25) is 0 Å². The third-order valence-electron chi connectivity index (χ3n) is 8.61. The van der Waals surface area contributed by atoms with E-state index in [1.807, 2.05) is 13.1 Å². The number of ether oxygens (including phenoxy) is 2. The van der Waals surface area contributed by atoms with Crippen molar-refractivity contribution in [1.29, 1.82) is 0 Å². The number of hydrogen-bond acceptors (Lipinski definition) is 9. The molecule has 2 saturated heterocycles. The second-order valence-corrected chi connectivity index (χ2v) is 22.6. The smallest absolute Gasteiger partial charge is 0.0640 e. The van der Waals surface area contributed by atoms with Crippen molar-refractivity contribution in [3.8, 4) is 0 Å². The highest BCUT2D eigenvalue weighted by Crippen LogP contribution is 2.20. The Morgan fingerprint density at radius 3 is 1.28 bits per heavy atom. The largest absolute Gasteiger partial charge is 0.384 e. The minimum absolute atomic E-state index is 0.112. The second kappa shape index (κ2) is 26.9. The highest BCUT2D eigenvalue weighted by atomic mass is 16.5. The third kappa shape index (κ3) is 36.8. The van der Waals surface area contributed by atoms with E-state index < -0.39 is 0 Å². The van der Waals surface area contributed by atoms with Gasteiger partial charge in [-0.3, -0.25) is 24.8 Å². The van der Waals surface area contributed by atoms with Crippen LogP contribution in [-0.2, 0) is 20.3 Å². The van der Waals surface area contributed by atoms with Crippen LogP contribution in [0.1, 0.15) is 155 Å². The highest BCUT2D eigenvalue weighted by Gasteiger charge is 2.20. The molecule has 0 aromatic carbocycles. The van der Waals surface area contributed by atoms with Crippen molar-refractivity contribution in [1.82, 2.24) is 34.6 Å². The molecule has 9 nitrogen and oxygen atoms in total. The van der Waals surface area contributed by atoms with Crippen molar-refractivity contribution < 1.29 is 9.47 Å². The van der Waals surface area contributed by atoms with Crippen LogP contribution in [0.5, 0.6) is 0 Å². The second-order valence-electron chi connectivity index (χ2n) is 22.6. The molecule has 2 aliphatic heterocycles. The van der Waals surface area contributed by atoms with E-state index in [9.17, 15) is 0 Å². The third-order valence-corrected chi connectivity index (χ3v) is 8.61. The van der Waals surface area contributed by atoms with Crippen molar-refractivity contribution >= 4 is 0 Å². The fourth-order valence-corrected chi connectivity index (χ4v) is 5.01. The molecule has 2 fully saturated rings. The summed E-state index contributed by atoms with van der Waals surface area (Å²) < 4.78 is 10.2. The van der Waals surface area contributed by atoms with Gasteiger partial charge in [0.25, 0.3) is 0 Å². The molecule has 0 N–H and O–H groups in total. The molecule has 0 radical (unpaired) electrons. The molecule has 4 heterocycles. The highest BCUT2D eigenvalue weighted by molar-refractivity contribution is 5.10. The summed E-state index contributed by atoms with van der Waals surface area (Å²) in [6, 6.07) is 0. The Bertz CT molecular complexity index is 1230. The normalized spacial score (nSPS) is 16.1. The number of hydrogen-bond donors (Lipinski definition) is 0. The first-order chi connectivity index (χ1) is 25.8. The first-order valence-electron chi connectivity index (χ1n) is 21.5. The van der Waals surface area contributed by atoms with Gasteiger partial charge in [-0.2, -0.15) is 0 Å². The van der Waals surface area contributed by atoms with E-state index in [0.717, 1.165) is 50.0 Å². The van der Waals surface area contributed by atoms with Gasteiger partial charge < -0.3 is 19.3 Å². The van der Waals surface area contributed by atoms with Gasteiger partial charge in [0, 0.05) is 101 Å². The quantitative estimate of drug-likeness (QED) is 0.301. The van der Waals surface area contributed by atoms with Crippen molar-refractivity contribution in [2.24, 2.45) is 21.7 Å². The Morgan fingerprint density at radius 2 is 1.00 bits per heavy atom. The Kier molecular flexibility index (Phi) is 27.0. The minimum atomic E-state index is 0.112. The molecule has 4 rings (SSSR count). The molecule has 334 valence electrons. The van der Waals surface area contributed by atoms with Gasteiger partial charge in [-0.25, -0.2) is 0 Å². The lowest BCUT2D eigenvalue weighted by Crippen LogP contribution is -2.47. The number of likely N-dealkylation sites (N-methyl/N-ethyl adjacent to an activating group) is 1. The summed E-state index contributed by atoms with van der Waals surface area (Å²) in [6.45, 7) is 56.1. The Labute approximate surface area is 354 Å². The summed E-state index contributed by atoms with van der Waals surface area (Å²) in [5, 5.41) is 0. The predicted molar refractivity (Wildman–Crippen MR) is 247 cm³/mol. The van der Waals surface area contributed by atoms with Gasteiger partial charge in [-0.1, -0.05) is 138 Å². The Hall–Kier alpha value is -2.04. The van der Waals surface area contributed by atoms with Crippen molar-refractivity contribution in [2.45, 2.75) is 156 Å². The number of piperazine rings is 1. The molecule has 2 aromatic rings. The fraction of sp³-hybridized carbons (Fsp3) is 0.833. The molecule has 0 bridgehead atoms. The van der Waals surface area contributed by atoms with Crippen LogP contribution < -0.4 is 0 Å². The molecule has 0 atom stereocenters. The summed E-state index contributed by atoms with van der Waals surface area (Å²) in [6.07, 6.45) is 10.1. The number of aryl methyl sites for hydroxylation is 1. The van der Waals surface area contributed by atoms with Crippen LogP contribution in [0.25, 0.3) is 0 Å². The molecule has 0 unspecified atom stereocenters. The monoisotopic (exact) mass is 802 g/mol. The van der Waals surface area contributed by atoms with Crippen LogP contribution >= 0.6 is 0 Å². The number of nitrogens with zero attached hydrogens (tertiary/aromatic N) is 7. The van der Waals surface area contributed by atoms with Gasteiger partial charge >= 0.3 is 0 Å². The molecule has 57 heavy (non-hydrogen) atoms. The zero-order chi connectivity index (χ0) is 44.7. The molecule has 0 spiro atoms. The first-order valence-corrected chi connectivity index (χ1v) is 21.5. The van der Waals surface area contributed by atoms with Crippen molar-refractivity contribution in [3.05, 3.63) is 48.1 Å². The average Bonchev–Trinajstić information content (AvgIpc) is 3.05. The van der Waals surface area contributed by atoms with Crippen molar-refractivity contribution in [3.63, 3.8) is 0 Å². The number of aromatic nitrogens is 4. The van der Waals surface area contributed by atoms with Crippen LogP contribution in [0.3, 0.4) is 0 Å². The topological polar surface area (TPSA) is 79.7 Å². The minimum Gasteiger partial charge on any atom is -0.384 e. The number of rotatable bonds is 3. The maximum Gasteiger partial charge on any atom is 0.0640 e. The SMILES string of the molecule is CC(C)(C)CN1CCOCC1.CC(C)(C)c1cnccn1.CCC(C)(C)C.CN1CCN(CC(C)(C)C)CC1.COCC(C)(C)C.Cc1cnc(C(C)(C)C)cn1. The van der Waals surface area contributed by atoms with Crippen LogP contribution in [0.4, 0.5) is 0 Å². The maximum absolute atomic E-state index is 5.27. The molecule has 0 saturated carbocycles. The fourth-order valence-electron chi connectivity index (χ4n) is 5.01. The molecule has 9 heteroatoms. The predicted octanol–water partition coefficient (Wildman–Crippen LogP) is 10.6. The zero-order valence-corrected chi connectivity index (χ0v) is 41.8. The lowest BCUT2D eigenvalue weighted by atomic mass is 9.93. The van der Waals surface area contributed by atoms with Crippen LogP contribution in [0.15, 0.2) is 31.0 Å². The van der Waals surface area contributed by atoms with E-state index in [2.05, 4.69) is 173 Å². The standard InChI is InChI=1S/C10H22N2.C9H14N2.C9H19NO.C8H12N2.C6H14O.C6H14/c1-10(2,3)9-12-7-5-11(4)6-8-12;1-7-5-11-8(6-10-7)9(2,3)4;1-9(2,3)8-10-4-6-11-7-5-10;1-8(2,3)7-6-9-4-5-10-7;1-6(2,3)5-7-4;1-5-6(2,3)4/h5-9H2,1-4H3;5-6H,1-4H3;4-8H2,1-3H3;4-6H,1-3H3;5H2,1-4H3;5H2,1-4H3. The van der Waals surface area contributed by atoms with Crippen molar-refractivity contribution in [2.75, 3.05) is 86.3 Å². The molecular formula is C48H95N7O2. The van der Waals surface area contributed by atoms with Crippen LogP contribution in [-0.4, -0.2) is 121 Å². The lowest BCUT2D eigenvalue weighted by Gasteiger charge is -2.36. The van der Waals surface area contributed by atoms with Gasteiger partial charge in [0.05, 0.1) is 36.9 Å². The molecular weight excluding hydrogens is 707 g/mol.